The minimum atomic E-state index is -4.12. The summed E-state index contributed by atoms with van der Waals surface area (Å²) in [5, 5.41) is 2.71. The highest BCUT2D eigenvalue weighted by molar-refractivity contribution is 7.92. The second-order valence-electron chi connectivity index (χ2n) is 8.89. The van der Waals surface area contributed by atoms with Crippen LogP contribution in [-0.4, -0.2) is 44.3 Å². The Kier molecular flexibility index (Phi) is 9.04. The lowest BCUT2D eigenvalue weighted by Crippen LogP contribution is -2.51. The lowest BCUT2D eigenvalue weighted by molar-refractivity contribution is -0.139. The molecular formula is C28H32FN3O4S. The molecule has 0 aliphatic rings. The molecule has 0 aliphatic heterocycles. The van der Waals surface area contributed by atoms with Gasteiger partial charge in [0.15, 0.2) is 0 Å². The number of likely N-dealkylation sites (N-methyl/N-ethyl adjacent to an activating group) is 1. The molecule has 0 saturated heterocycles. The Labute approximate surface area is 218 Å². The molecule has 7 nitrogen and oxygen atoms in total. The third-order valence-electron chi connectivity index (χ3n) is 5.89. The lowest BCUT2D eigenvalue weighted by Gasteiger charge is -2.32. The van der Waals surface area contributed by atoms with Gasteiger partial charge >= 0.3 is 0 Å². The van der Waals surface area contributed by atoms with Crippen LogP contribution in [0.2, 0.25) is 0 Å². The van der Waals surface area contributed by atoms with Crippen LogP contribution in [0.3, 0.4) is 0 Å². The van der Waals surface area contributed by atoms with Gasteiger partial charge < -0.3 is 10.2 Å². The molecule has 3 aromatic rings. The molecule has 3 aromatic carbocycles. The molecule has 0 aromatic heterocycles. The Bertz CT molecular complexity index is 1330. The zero-order chi connectivity index (χ0) is 27.2. The van der Waals surface area contributed by atoms with Crippen molar-refractivity contribution in [2.75, 3.05) is 17.4 Å². The normalized spacial score (nSPS) is 12.0. The van der Waals surface area contributed by atoms with Crippen LogP contribution >= 0.6 is 0 Å². The number of anilines is 1. The van der Waals surface area contributed by atoms with Crippen LogP contribution in [0, 0.1) is 19.7 Å². The van der Waals surface area contributed by atoms with Crippen LogP contribution < -0.4 is 9.62 Å². The van der Waals surface area contributed by atoms with Gasteiger partial charge in [-0.15, -0.1) is 0 Å². The molecular weight excluding hydrogens is 493 g/mol. The number of sulfonamides is 1. The molecule has 1 N–H and O–H groups in total. The first kappa shape index (κ1) is 27.9. The molecule has 3 rings (SSSR count). The second-order valence-corrected chi connectivity index (χ2v) is 10.8. The van der Waals surface area contributed by atoms with Gasteiger partial charge in [0, 0.05) is 13.1 Å². The third-order valence-corrected chi connectivity index (χ3v) is 7.68. The Balaban J connectivity index is 2.04. The summed E-state index contributed by atoms with van der Waals surface area (Å²) in [6.45, 7) is 6.91. The number of carbonyl (C=O) groups excluding carboxylic acids is 2. The van der Waals surface area contributed by atoms with E-state index < -0.39 is 34.3 Å². The van der Waals surface area contributed by atoms with Crippen molar-refractivity contribution in [3.05, 3.63) is 95.3 Å². The number of halogens is 1. The second kappa shape index (κ2) is 12.0. The van der Waals surface area contributed by atoms with E-state index in [4.69, 9.17) is 0 Å². The smallest absolute Gasteiger partial charge is 0.264 e. The fourth-order valence-electron chi connectivity index (χ4n) is 4.03. The number of carbonyl (C=O) groups is 2. The molecule has 2 amide bonds. The largest absolute Gasteiger partial charge is 0.355 e. The van der Waals surface area contributed by atoms with Gasteiger partial charge in [0.05, 0.1) is 10.6 Å². The molecule has 1 atom stereocenters. The maximum Gasteiger partial charge on any atom is 0.264 e. The molecule has 0 unspecified atom stereocenters. The SMILES string of the molecule is CCNC(=O)[C@@H](C)N(Cc1ccc(F)cc1)C(=O)CN(c1cc(C)cc(C)c1)S(=O)(=O)c1ccccc1. The van der Waals surface area contributed by atoms with E-state index in [-0.39, 0.29) is 17.3 Å². The van der Waals surface area contributed by atoms with Crippen molar-refractivity contribution in [2.45, 2.75) is 45.2 Å². The average Bonchev–Trinajstić information content (AvgIpc) is 2.86. The van der Waals surface area contributed by atoms with E-state index in [0.717, 1.165) is 15.4 Å². The number of nitrogens with zero attached hydrogens (tertiary/aromatic N) is 2. The molecule has 9 heteroatoms. The van der Waals surface area contributed by atoms with E-state index >= 15 is 0 Å². The molecule has 0 radical (unpaired) electrons. The third kappa shape index (κ3) is 6.95. The summed E-state index contributed by atoms with van der Waals surface area (Å²) >= 11 is 0. The van der Waals surface area contributed by atoms with Gasteiger partial charge in [-0.05, 0) is 80.8 Å². The topological polar surface area (TPSA) is 86.8 Å². The van der Waals surface area contributed by atoms with Gasteiger partial charge in [0.25, 0.3) is 10.0 Å². The summed E-state index contributed by atoms with van der Waals surface area (Å²) in [7, 11) is -4.12. The van der Waals surface area contributed by atoms with Gasteiger partial charge in [-0.25, -0.2) is 12.8 Å². The fourth-order valence-corrected chi connectivity index (χ4v) is 5.45. The monoisotopic (exact) mass is 525 g/mol. The summed E-state index contributed by atoms with van der Waals surface area (Å²) in [4.78, 5) is 27.8. The van der Waals surface area contributed by atoms with Gasteiger partial charge in [-0.1, -0.05) is 36.4 Å². The zero-order valence-electron chi connectivity index (χ0n) is 21.4. The predicted octanol–water partition coefficient (Wildman–Crippen LogP) is 4.19. The molecule has 0 heterocycles. The van der Waals surface area contributed by atoms with Gasteiger partial charge in [0.2, 0.25) is 11.8 Å². The highest BCUT2D eigenvalue weighted by Crippen LogP contribution is 2.26. The van der Waals surface area contributed by atoms with Crippen molar-refractivity contribution in [3.63, 3.8) is 0 Å². The van der Waals surface area contributed by atoms with Crippen LogP contribution in [0.5, 0.6) is 0 Å². The molecule has 0 spiro atoms. The first-order valence-corrected chi connectivity index (χ1v) is 13.4. The number of hydrogen-bond acceptors (Lipinski definition) is 4. The summed E-state index contributed by atoms with van der Waals surface area (Å²) in [5.74, 6) is -1.36. The quantitative estimate of drug-likeness (QED) is 0.430. The molecule has 0 saturated carbocycles. The zero-order valence-corrected chi connectivity index (χ0v) is 22.3. The first-order chi connectivity index (χ1) is 17.5. The number of rotatable bonds is 10. The van der Waals surface area contributed by atoms with Gasteiger partial charge in [-0.2, -0.15) is 0 Å². The summed E-state index contributed by atoms with van der Waals surface area (Å²) in [6, 6.07) is 17.9. The van der Waals surface area contributed by atoms with Gasteiger partial charge in [0.1, 0.15) is 18.4 Å². The van der Waals surface area contributed by atoms with E-state index in [1.54, 1.807) is 44.2 Å². The van der Waals surface area contributed by atoms with Crippen LogP contribution in [0.25, 0.3) is 0 Å². The van der Waals surface area contributed by atoms with Crippen LogP contribution in [0.15, 0.2) is 77.7 Å². The summed E-state index contributed by atoms with van der Waals surface area (Å²) in [6.07, 6.45) is 0. The lowest BCUT2D eigenvalue weighted by atomic mass is 10.1. The van der Waals surface area contributed by atoms with Crippen molar-refractivity contribution in [1.29, 1.82) is 0 Å². The van der Waals surface area contributed by atoms with E-state index in [2.05, 4.69) is 5.32 Å². The maximum atomic E-state index is 13.8. The number of hydrogen-bond donors (Lipinski definition) is 1. The van der Waals surface area contributed by atoms with Crippen molar-refractivity contribution in [3.8, 4) is 0 Å². The Hall–Kier alpha value is -3.72. The van der Waals surface area contributed by atoms with E-state index in [1.165, 1.54) is 41.3 Å². The molecule has 0 fully saturated rings. The number of nitrogens with one attached hydrogen (secondary N) is 1. The standard InChI is InChI=1S/C28H32FN3O4S/c1-5-30-28(34)22(4)31(18-23-11-13-24(29)14-12-23)27(33)19-32(25-16-20(2)15-21(3)17-25)37(35,36)26-9-7-6-8-10-26/h6-17,22H,5,18-19H2,1-4H3,(H,30,34)/t22-/m1/s1. The number of benzene rings is 3. The Morgan fingerprint density at radius 3 is 2.11 bits per heavy atom. The minimum Gasteiger partial charge on any atom is -0.355 e. The first-order valence-electron chi connectivity index (χ1n) is 12.0. The highest BCUT2D eigenvalue weighted by atomic mass is 32.2. The summed E-state index contributed by atoms with van der Waals surface area (Å²) in [5.41, 5.74) is 2.64. The molecule has 37 heavy (non-hydrogen) atoms. The van der Waals surface area contributed by atoms with Crippen molar-refractivity contribution >= 4 is 27.5 Å². The van der Waals surface area contributed by atoms with Crippen LogP contribution in [0.4, 0.5) is 10.1 Å². The molecule has 0 aliphatic carbocycles. The number of amides is 2. The predicted molar refractivity (Wildman–Crippen MR) is 142 cm³/mol. The Morgan fingerprint density at radius 2 is 1.54 bits per heavy atom. The van der Waals surface area contributed by atoms with Crippen molar-refractivity contribution in [2.24, 2.45) is 0 Å². The average molecular weight is 526 g/mol. The highest BCUT2D eigenvalue weighted by Gasteiger charge is 2.32. The number of aryl methyl sites for hydroxylation is 2. The van der Waals surface area contributed by atoms with E-state index in [0.29, 0.717) is 17.8 Å². The van der Waals surface area contributed by atoms with Gasteiger partial charge in [-0.3, -0.25) is 13.9 Å². The minimum absolute atomic E-state index is 0.00346. The van der Waals surface area contributed by atoms with Crippen molar-refractivity contribution in [1.82, 2.24) is 10.2 Å². The van der Waals surface area contributed by atoms with E-state index in [9.17, 15) is 22.4 Å². The van der Waals surface area contributed by atoms with Crippen molar-refractivity contribution < 1.29 is 22.4 Å². The molecule has 0 bridgehead atoms. The Morgan fingerprint density at radius 1 is 0.946 bits per heavy atom. The molecule has 196 valence electrons. The fraction of sp³-hybridized carbons (Fsp3) is 0.286. The maximum absolute atomic E-state index is 13.8. The van der Waals surface area contributed by atoms with E-state index in [1.807, 2.05) is 19.9 Å². The van der Waals surface area contributed by atoms with Crippen LogP contribution in [0.1, 0.15) is 30.5 Å². The summed E-state index contributed by atoms with van der Waals surface area (Å²) < 4.78 is 42.0. The van der Waals surface area contributed by atoms with Crippen LogP contribution in [-0.2, 0) is 26.2 Å².